The Morgan fingerprint density at radius 3 is 1.55 bits per heavy atom. The molecule has 2 amide bonds. The monoisotopic (exact) mass is 674 g/mol. The number of methoxy groups -OCH3 is 2. The third-order valence-electron chi connectivity index (χ3n) is 9.21. The molecule has 2 aliphatic rings. The van der Waals surface area contributed by atoms with Crippen molar-refractivity contribution >= 4 is 57.2 Å². The second-order valence-corrected chi connectivity index (χ2v) is 12.1. The minimum atomic E-state index is -0.223. The van der Waals surface area contributed by atoms with Gasteiger partial charge in [-0.15, -0.1) is 0 Å². The van der Waals surface area contributed by atoms with Gasteiger partial charge in [0.05, 0.1) is 38.5 Å². The molecule has 2 saturated heterocycles. The van der Waals surface area contributed by atoms with E-state index in [2.05, 4.69) is 15.0 Å². The number of rotatable bonds is 10. The molecule has 0 unspecified atom stereocenters. The summed E-state index contributed by atoms with van der Waals surface area (Å²) in [7, 11) is 3.12. The highest BCUT2D eigenvalue weighted by atomic mass is 16.5. The first-order valence-electron chi connectivity index (χ1n) is 16.3. The Morgan fingerprint density at radius 1 is 0.653 bits per heavy atom. The Kier molecular flexibility index (Phi) is 9.96. The summed E-state index contributed by atoms with van der Waals surface area (Å²) in [6.45, 7) is 3.80. The van der Waals surface area contributed by atoms with Crippen LogP contribution in [-0.2, 0) is 22.8 Å². The number of nitrogen functional groups attached to an aromatic ring is 2. The van der Waals surface area contributed by atoms with Crippen LogP contribution in [0.25, 0.3) is 21.8 Å². The number of aromatic nitrogens is 4. The zero-order valence-electron chi connectivity index (χ0n) is 27.8. The van der Waals surface area contributed by atoms with E-state index in [9.17, 15) is 19.8 Å². The van der Waals surface area contributed by atoms with E-state index in [4.69, 9.17) is 25.9 Å². The van der Waals surface area contributed by atoms with E-state index in [0.29, 0.717) is 134 Å². The largest absolute Gasteiger partial charge is 0.493 e. The molecule has 2 fully saturated rings. The third kappa shape index (κ3) is 7.00. The number of aliphatic hydroxyl groups excluding tert-OH is 2. The Bertz CT molecular complexity index is 1720. The number of hydrogen-bond acceptors (Lipinski definition) is 14. The van der Waals surface area contributed by atoms with Crippen LogP contribution < -0.4 is 30.7 Å². The Morgan fingerprint density at radius 2 is 1.08 bits per heavy atom. The standard InChI is InChI=1S/C33H42N10O6/c1-48-26-16-23-25(17-27(26)49-2)37-33(39-31(23)35)43-12-8-41(9-13-43)29(47)5-3-4-28(46)40-6-10-42(11-7-40)32-36-24-15-21(19-45)20(18-44)14-22(24)30(34)38-32/h14-17,44-45H,3-13,18-19H2,1-2H3,(H2,34,36,38)(H2,35,37,39). The fourth-order valence-corrected chi connectivity index (χ4v) is 6.34. The number of amides is 2. The van der Waals surface area contributed by atoms with E-state index < -0.39 is 0 Å². The molecule has 0 aliphatic carbocycles. The van der Waals surface area contributed by atoms with Crippen LogP contribution in [0.15, 0.2) is 24.3 Å². The lowest BCUT2D eigenvalue weighted by Crippen LogP contribution is -2.50. The predicted octanol–water partition coefficient (Wildman–Crippen LogP) is 0.907. The molecular formula is C33H42N10O6. The molecule has 2 aromatic carbocycles. The molecule has 0 spiro atoms. The van der Waals surface area contributed by atoms with E-state index in [0.717, 1.165) is 0 Å². The van der Waals surface area contributed by atoms with E-state index in [1.807, 2.05) is 19.6 Å². The fraction of sp³-hybridized carbons (Fsp3) is 0.455. The highest BCUT2D eigenvalue weighted by molar-refractivity contribution is 5.92. The second-order valence-electron chi connectivity index (χ2n) is 12.1. The lowest BCUT2D eigenvalue weighted by molar-refractivity contribution is -0.133. The van der Waals surface area contributed by atoms with Gasteiger partial charge in [-0.25, -0.2) is 9.97 Å². The molecule has 6 rings (SSSR count). The van der Waals surface area contributed by atoms with Crippen LogP contribution in [0, 0.1) is 0 Å². The zero-order chi connectivity index (χ0) is 34.7. The van der Waals surface area contributed by atoms with Gasteiger partial charge >= 0.3 is 0 Å². The van der Waals surface area contributed by atoms with Crippen molar-refractivity contribution in [2.24, 2.45) is 0 Å². The van der Waals surface area contributed by atoms with Crippen molar-refractivity contribution in [2.75, 3.05) is 87.8 Å². The number of benzene rings is 2. The van der Waals surface area contributed by atoms with Crippen molar-refractivity contribution in [3.8, 4) is 11.5 Å². The first kappa shape index (κ1) is 33.7. The van der Waals surface area contributed by atoms with Gasteiger partial charge in [0.15, 0.2) is 11.5 Å². The van der Waals surface area contributed by atoms with Gasteiger partial charge in [0, 0.05) is 82.0 Å². The average molecular weight is 675 g/mol. The number of aliphatic hydroxyl groups is 2. The molecule has 0 bridgehead atoms. The number of piperazine rings is 2. The molecule has 6 N–H and O–H groups in total. The van der Waals surface area contributed by atoms with Crippen LogP contribution in [0.2, 0.25) is 0 Å². The molecule has 0 saturated carbocycles. The highest BCUT2D eigenvalue weighted by Crippen LogP contribution is 2.34. The molecule has 0 atom stereocenters. The SMILES string of the molecule is COc1cc2nc(N3CCN(C(=O)CCCC(=O)N4CCN(c5nc(N)c6cc(CO)c(CO)cc6n5)CC4)CC3)nc(N)c2cc1OC. The highest BCUT2D eigenvalue weighted by Gasteiger charge is 2.26. The van der Waals surface area contributed by atoms with Crippen LogP contribution >= 0.6 is 0 Å². The summed E-state index contributed by atoms with van der Waals surface area (Å²) >= 11 is 0. The molecule has 4 heterocycles. The molecule has 2 aliphatic heterocycles. The molecule has 260 valence electrons. The van der Waals surface area contributed by atoms with Crippen LogP contribution in [-0.4, -0.2) is 118 Å². The normalized spacial score (nSPS) is 15.3. The molecule has 2 aromatic heterocycles. The summed E-state index contributed by atoms with van der Waals surface area (Å²) in [6, 6.07) is 6.96. The smallest absolute Gasteiger partial charge is 0.228 e. The summed E-state index contributed by atoms with van der Waals surface area (Å²) in [5, 5.41) is 20.6. The molecule has 0 radical (unpaired) electrons. The summed E-state index contributed by atoms with van der Waals surface area (Å²) in [5.74, 6) is 2.72. The summed E-state index contributed by atoms with van der Waals surface area (Å²) in [6.07, 6.45) is 1.06. The van der Waals surface area contributed by atoms with Crippen LogP contribution in [0.1, 0.15) is 30.4 Å². The zero-order valence-corrected chi connectivity index (χ0v) is 27.8. The van der Waals surface area contributed by atoms with Crippen molar-refractivity contribution in [1.29, 1.82) is 0 Å². The number of carbonyl (C=O) groups excluding carboxylic acids is 2. The molecule has 16 heteroatoms. The van der Waals surface area contributed by atoms with Gasteiger partial charge in [0.1, 0.15) is 11.6 Å². The number of carbonyl (C=O) groups is 2. The molecular weight excluding hydrogens is 632 g/mol. The molecule has 16 nitrogen and oxygen atoms in total. The minimum Gasteiger partial charge on any atom is -0.493 e. The lowest BCUT2D eigenvalue weighted by atomic mass is 10.1. The topological polar surface area (TPSA) is 210 Å². The quantitative estimate of drug-likeness (QED) is 0.184. The number of fused-ring (bicyclic) bond motifs is 2. The van der Waals surface area contributed by atoms with Gasteiger partial charge < -0.3 is 50.8 Å². The lowest BCUT2D eigenvalue weighted by Gasteiger charge is -2.35. The van der Waals surface area contributed by atoms with Gasteiger partial charge in [-0.1, -0.05) is 0 Å². The minimum absolute atomic E-state index is 0.0145. The van der Waals surface area contributed by atoms with Crippen molar-refractivity contribution in [2.45, 2.75) is 32.5 Å². The Balaban J connectivity index is 0.964. The number of ether oxygens (including phenoxy) is 2. The van der Waals surface area contributed by atoms with E-state index in [-0.39, 0.29) is 30.8 Å². The van der Waals surface area contributed by atoms with Gasteiger partial charge in [-0.05, 0) is 35.7 Å². The summed E-state index contributed by atoms with van der Waals surface area (Å²) in [5.41, 5.74) is 14.9. The van der Waals surface area contributed by atoms with Gasteiger partial charge in [0.2, 0.25) is 23.7 Å². The molecule has 4 aromatic rings. The van der Waals surface area contributed by atoms with Gasteiger partial charge in [-0.3, -0.25) is 9.59 Å². The van der Waals surface area contributed by atoms with Crippen molar-refractivity contribution in [1.82, 2.24) is 29.7 Å². The predicted molar refractivity (Wildman–Crippen MR) is 184 cm³/mol. The number of nitrogens with zero attached hydrogens (tertiary/aromatic N) is 8. The Labute approximate surface area is 283 Å². The van der Waals surface area contributed by atoms with E-state index in [1.165, 1.54) is 0 Å². The molecule has 49 heavy (non-hydrogen) atoms. The number of anilines is 4. The second kappa shape index (κ2) is 14.5. The van der Waals surface area contributed by atoms with Crippen LogP contribution in [0.3, 0.4) is 0 Å². The Hall–Kier alpha value is -5.22. The number of nitrogens with two attached hydrogens (primary N) is 2. The van der Waals surface area contributed by atoms with Gasteiger partial charge in [-0.2, -0.15) is 9.97 Å². The first-order chi connectivity index (χ1) is 23.7. The van der Waals surface area contributed by atoms with E-state index in [1.54, 1.807) is 38.5 Å². The first-order valence-corrected chi connectivity index (χ1v) is 16.3. The number of hydrogen-bond donors (Lipinski definition) is 4. The van der Waals surface area contributed by atoms with E-state index >= 15 is 0 Å². The van der Waals surface area contributed by atoms with Crippen molar-refractivity contribution < 1.29 is 29.3 Å². The van der Waals surface area contributed by atoms with Gasteiger partial charge in [0.25, 0.3) is 0 Å². The third-order valence-corrected chi connectivity index (χ3v) is 9.21. The fourth-order valence-electron chi connectivity index (χ4n) is 6.34. The van der Waals surface area contributed by atoms with Crippen LogP contribution in [0.4, 0.5) is 23.5 Å². The van der Waals surface area contributed by atoms with Crippen molar-refractivity contribution in [3.05, 3.63) is 35.4 Å². The summed E-state index contributed by atoms with van der Waals surface area (Å²) in [4.78, 5) is 51.9. The summed E-state index contributed by atoms with van der Waals surface area (Å²) < 4.78 is 10.8. The van der Waals surface area contributed by atoms with Crippen LogP contribution in [0.5, 0.6) is 11.5 Å². The maximum atomic E-state index is 13.0. The maximum absolute atomic E-state index is 13.0. The average Bonchev–Trinajstić information content (AvgIpc) is 3.13. The maximum Gasteiger partial charge on any atom is 0.228 e. The van der Waals surface area contributed by atoms with Crippen molar-refractivity contribution in [3.63, 3.8) is 0 Å².